The number of piperazine rings is 1. The van der Waals surface area contributed by atoms with Gasteiger partial charge in [0.15, 0.2) is 0 Å². The zero-order valence-electron chi connectivity index (χ0n) is 12.0. The second kappa shape index (κ2) is 6.53. The van der Waals surface area contributed by atoms with Crippen molar-refractivity contribution in [3.63, 3.8) is 0 Å². The maximum absolute atomic E-state index is 12.1. The summed E-state index contributed by atoms with van der Waals surface area (Å²) in [6.07, 6.45) is 0. The van der Waals surface area contributed by atoms with Crippen molar-refractivity contribution in [2.24, 2.45) is 0 Å². The third kappa shape index (κ3) is 3.92. The SMILES string of the molecule is CN(C)c1ccc(CNS(=O)(=O)N2CCNCC2)cc1. The van der Waals surface area contributed by atoms with Gasteiger partial charge in [-0.3, -0.25) is 0 Å². The molecule has 7 heteroatoms. The Morgan fingerprint density at radius 1 is 1.20 bits per heavy atom. The van der Waals surface area contributed by atoms with Gasteiger partial charge in [0.25, 0.3) is 10.2 Å². The molecule has 0 spiro atoms. The first-order valence-electron chi connectivity index (χ1n) is 6.71. The van der Waals surface area contributed by atoms with E-state index in [-0.39, 0.29) is 0 Å². The van der Waals surface area contributed by atoms with Crippen LogP contribution in [0.4, 0.5) is 5.69 Å². The molecule has 1 fully saturated rings. The maximum Gasteiger partial charge on any atom is 0.279 e. The van der Waals surface area contributed by atoms with Crippen LogP contribution in [0.2, 0.25) is 0 Å². The first kappa shape index (κ1) is 15.2. The lowest BCUT2D eigenvalue weighted by Crippen LogP contribution is -2.50. The van der Waals surface area contributed by atoms with E-state index in [0.29, 0.717) is 32.7 Å². The van der Waals surface area contributed by atoms with E-state index in [1.807, 2.05) is 43.3 Å². The molecule has 1 aliphatic heterocycles. The first-order chi connectivity index (χ1) is 9.49. The molecule has 1 aromatic carbocycles. The van der Waals surface area contributed by atoms with Crippen LogP contribution >= 0.6 is 0 Å². The average molecular weight is 298 g/mol. The molecule has 0 amide bonds. The fourth-order valence-corrected chi connectivity index (χ4v) is 3.26. The van der Waals surface area contributed by atoms with E-state index in [9.17, 15) is 8.42 Å². The fraction of sp³-hybridized carbons (Fsp3) is 0.538. The topological polar surface area (TPSA) is 64.7 Å². The van der Waals surface area contributed by atoms with E-state index in [1.54, 1.807) is 0 Å². The van der Waals surface area contributed by atoms with Crippen molar-refractivity contribution in [2.45, 2.75) is 6.54 Å². The normalized spacial score (nSPS) is 17.1. The highest BCUT2D eigenvalue weighted by atomic mass is 32.2. The summed E-state index contributed by atoms with van der Waals surface area (Å²) in [4.78, 5) is 2.01. The standard InChI is InChI=1S/C13H22N4O2S/c1-16(2)13-5-3-12(4-6-13)11-15-20(18,19)17-9-7-14-8-10-17/h3-6,14-15H,7-11H2,1-2H3. The van der Waals surface area contributed by atoms with E-state index >= 15 is 0 Å². The van der Waals surface area contributed by atoms with Crippen molar-refractivity contribution in [2.75, 3.05) is 45.2 Å². The molecule has 1 aliphatic rings. The number of anilines is 1. The minimum atomic E-state index is -3.38. The van der Waals surface area contributed by atoms with Crippen molar-refractivity contribution in [1.82, 2.24) is 14.3 Å². The first-order valence-corrected chi connectivity index (χ1v) is 8.15. The molecule has 6 nitrogen and oxygen atoms in total. The molecule has 0 bridgehead atoms. The summed E-state index contributed by atoms with van der Waals surface area (Å²) in [5, 5.41) is 3.14. The van der Waals surface area contributed by atoms with Crippen molar-refractivity contribution in [3.05, 3.63) is 29.8 Å². The Balaban J connectivity index is 1.93. The second-order valence-corrected chi connectivity index (χ2v) is 6.79. The number of benzene rings is 1. The van der Waals surface area contributed by atoms with Crippen LogP contribution in [-0.2, 0) is 16.8 Å². The summed E-state index contributed by atoms with van der Waals surface area (Å²) in [5.41, 5.74) is 2.05. The van der Waals surface area contributed by atoms with E-state index in [2.05, 4.69) is 10.0 Å². The summed E-state index contributed by atoms with van der Waals surface area (Å²) in [6.45, 7) is 2.78. The minimum absolute atomic E-state index is 0.319. The molecule has 20 heavy (non-hydrogen) atoms. The highest BCUT2D eigenvalue weighted by molar-refractivity contribution is 7.87. The van der Waals surface area contributed by atoms with Gasteiger partial charge in [0.2, 0.25) is 0 Å². The monoisotopic (exact) mass is 298 g/mol. The molecule has 2 N–H and O–H groups in total. The van der Waals surface area contributed by atoms with Crippen LogP contribution in [0.3, 0.4) is 0 Å². The largest absolute Gasteiger partial charge is 0.378 e. The average Bonchev–Trinajstić information content (AvgIpc) is 2.46. The Bertz CT molecular complexity index is 522. The molecule has 0 radical (unpaired) electrons. The minimum Gasteiger partial charge on any atom is -0.378 e. The van der Waals surface area contributed by atoms with Gasteiger partial charge in [-0.25, -0.2) is 0 Å². The number of hydrogen-bond donors (Lipinski definition) is 2. The van der Waals surface area contributed by atoms with Crippen molar-refractivity contribution in [1.29, 1.82) is 0 Å². The Labute approximate surface area is 120 Å². The van der Waals surface area contributed by atoms with Crippen LogP contribution in [0.5, 0.6) is 0 Å². The molecule has 112 valence electrons. The van der Waals surface area contributed by atoms with Gasteiger partial charge < -0.3 is 10.2 Å². The Morgan fingerprint density at radius 3 is 2.35 bits per heavy atom. The van der Waals surface area contributed by atoms with Gasteiger partial charge in [-0.15, -0.1) is 0 Å². The summed E-state index contributed by atoms with van der Waals surface area (Å²) in [7, 11) is 0.574. The Hall–Kier alpha value is -1.15. The van der Waals surface area contributed by atoms with Crippen molar-refractivity contribution >= 4 is 15.9 Å². The summed E-state index contributed by atoms with van der Waals surface area (Å²) < 4.78 is 28.4. The zero-order valence-corrected chi connectivity index (χ0v) is 12.8. The molecule has 0 saturated carbocycles. The van der Waals surface area contributed by atoms with Crippen molar-refractivity contribution < 1.29 is 8.42 Å². The predicted molar refractivity (Wildman–Crippen MR) is 81.0 cm³/mol. The van der Waals surface area contributed by atoms with Crippen molar-refractivity contribution in [3.8, 4) is 0 Å². The quantitative estimate of drug-likeness (QED) is 0.803. The van der Waals surface area contributed by atoms with Gasteiger partial charge in [0.05, 0.1) is 0 Å². The highest BCUT2D eigenvalue weighted by Gasteiger charge is 2.22. The summed E-state index contributed by atoms with van der Waals surface area (Å²) >= 11 is 0. The van der Waals surface area contributed by atoms with E-state index in [0.717, 1.165) is 11.3 Å². The summed E-state index contributed by atoms with van der Waals surface area (Å²) in [6, 6.07) is 7.84. The fourth-order valence-electron chi connectivity index (χ4n) is 2.06. The van der Waals surface area contributed by atoms with Crippen LogP contribution in [0, 0.1) is 0 Å². The summed E-state index contributed by atoms with van der Waals surface area (Å²) in [5.74, 6) is 0. The second-order valence-electron chi connectivity index (χ2n) is 5.04. The molecule has 1 heterocycles. The number of hydrogen-bond acceptors (Lipinski definition) is 4. The molecule has 0 unspecified atom stereocenters. The number of nitrogens with one attached hydrogen (secondary N) is 2. The highest BCUT2D eigenvalue weighted by Crippen LogP contribution is 2.12. The van der Waals surface area contributed by atoms with Gasteiger partial charge in [-0.1, -0.05) is 12.1 Å². The van der Waals surface area contributed by atoms with Crippen LogP contribution < -0.4 is 14.9 Å². The number of nitrogens with zero attached hydrogens (tertiary/aromatic N) is 2. The number of rotatable bonds is 5. The smallest absolute Gasteiger partial charge is 0.279 e. The molecule has 2 rings (SSSR count). The molecule has 1 saturated heterocycles. The van der Waals surface area contributed by atoms with Crippen LogP contribution in [-0.4, -0.2) is 53.0 Å². The van der Waals surface area contributed by atoms with Crippen LogP contribution in [0.1, 0.15) is 5.56 Å². The maximum atomic E-state index is 12.1. The molecule has 0 atom stereocenters. The lowest BCUT2D eigenvalue weighted by atomic mass is 10.2. The van der Waals surface area contributed by atoms with E-state index in [1.165, 1.54) is 4.31 Å². The molecule has 1 aromatic rings. The zero-order chi connectivity index (χ0) is 14.6. The third-order valence-corrected chi connectivity index (χ3v) is 4.88. The van der Waals surface area contributed by atoms with Gasteiger partial charge in [-0.2, -0.15) is 17.4 Å². The molecular weight excluding hydrogens is 276 g/mol. The van der Waals surface area contributed by atoms with E-state index in [4.69, 9.17) is 0 Å². The molecular formula is C13H22N4O2S. The lowest BCUT2D eigenvalue weighted by Gasteiger charge is -2.26. The van der Waals surface area contributed by atoms with Gasteiger partial charge in [0, 0.05) is 52.5 Å². The van der Waals surface area contributed by atoms with Gasteiger partial charge in [-0.05, 0) is 17.7 Å². The van der Waals surface area contributed by atoms with Crippen LogP contribution in [0.15, 0.2) is 24.3 Å². The Kier molecular flexibility index (Phi) is 4.98. The van der Waals surface area contributed by atoms with E-state index < -0.39 is 10.2 Å². The molecule has 0 aromatic heterocycles. The Morgan fingerprint density at radius 2 is 1.80 bits per heavy atom. The van der Waals surface area contributed by atoms with Gasteiger partial charge >= 0.3 is 0 Å². The third-order valence-electron chi connectivity index (χ3n) is 3.33. The van der Waals surface area contributed by atoms with Gasteiger partial charge in [0.1, 0.15) is 0 Å². The lowest BCUT2D eigenvalue weighted by molar-refractivity contribution is 0.354. The molecule has 0 aliphatic carbocycles. The van der Waals surface area contributed by atoms with Crippen LogP contribution in [0.25, 0.3) is 0 Å². The predicted octanol–water partition coefficient (Wildman–Crippen LogP) is -0.00780.